The number of hydrogen-bond donors (Lipinski definition) is 1. The van der Waals surface area contributed by atoms with Crippen molar-refractivity contribution in [1.82, 2.24) is 0 Å². The molecule has 0 radical (unpaired) electrons. The fourth-order valence-corrected chi connectivity index (χ4v) is 9.12. The van der Waals surface area contributed by atoms with Gasteiger partial charge in [0.25, 0.3) is 0 Å². The number of carbonyl (C=O) groups excluding carboxylic acids is 1. The fraction of sp³-hybridized carbons (Fsp3) is 0.529. The maximum atomic E-state index is 13.4. The van der Waals surface area contributed by atoms with E-state index in [1.54, 1.807) is 6.08 Å². The molecule has 0 amide bonds. The second-order valence-electron chi connectivity index (χ2n) is 12.9. The Hall–Kier alpha value is -3.26. The van der Waals surface area contributed by atoms with E-state index in [1.807, 2.05) is 12.1 Å². The summed E-state index contributed by atoms with van der Waals surface area (Å²) in [7, 11) is 0. The van der Waals surface area contributed by atoms with Crippen LogP contribution in [0.1, 0.15) is 85.6 Å². The second kappa shape index (κ2) is 9.44. The number of nitrogens with zero attached hydrogens (tertiary/aromatic N) is 2. The summed E-state index contributed by atoms with van der Waals surface area (Å²) in [4.78, 5) is 15.9. The molecule has 3 aliphatic carbocycles. The molecule has 1 N–H and O–H groups in total. The van der Waals surface area contributed by atoms with Crippen LogP contribution in [0.25, 0.3) is 6.08 Å². The van der Waals surface area contributed by atoms with Crippen LogP contribution < -0.4 is 4.90 Å². The SMILES string of the molecule is C[C@]12CC[C@@H]3c4ccc(O)cc4CC[C@H]3[C@@H]1CCC2OC(=O)/C(C#N)=C\c1cc2c3c(c1)CCCN3CCC2. The van der Waals surface area contributed by atoms with Gasteiger partial charge in [-0.1, -0.05) is 13.0 Å². The van der Waals surface area contributed by atoms with Crippen LogP contribution in [-0.2, 0) is 28.8 Å². The van der Waals surface area contributed by atoms with Crippen LogP contribution >= 0.6 is 0 Å². The molecule has 7 rings (SSSR count). The lowest BCUT2D eigenvalue weighted by atomic mass is 9.55. The van der Waals surface area contributed by atoms with Crippen LogP contribution in [0.4, 0.5) is 5.69 Å². The number of phenolic OH excluding ortho intramolecular Hbond substituents is 1. The van der Waals surface area contributed by atoms with Crippen molar-refractivity contribution in [1.29, 1.82) is 5.26 Å². The van der Waals surface area contributed by atoms with E-state index in [0.29, 0.717) is 23.5 Å². The molecule has 5 nitrogen and oxygen atoms in total. The molecule has 2 aliphatic heterocycles. The molecule has 39 heavy (non-hydrogen) atoms. The number of carbonyl (C=O) groups is 1. The molecular formula is C34H38N2O3. The van der Waals surface area contributed by atoms with Gasteiger partial charge in [0.05, 0.1) is 0 Å². The Kier molecular flexibility index (Phi) is 5.99. The smallest absolute Gasteiger partial charge is 0.349 e. The maximum Gasteiger partial charge on any atom is 0.349 e. The van der Waals surface area contributed by atoms with Crippen LogP contribution in [0.2, 0.25) is 0 Å². The Morgan fingerprint density at radius 3 is 2.56 bits per heavy atom. The maximum absolute atomic E-state index is 13.4. The zero-order chi connectivity index (χ0) is 26.7. The first-order valence-corrected chi connectivity index (χ1v) is 15.0. The Morgan fingerprint density at radius 2 is 1.82 bits per heavy atom. The van der Waals surface area contributed by atoms with Gasteiger partial charge in [-0.2, -0.15) is 5.26 Å². The molecule has 5 atom stereocenters. The van der Waals surface area contributed by atoms with E-state index in [1.165, 1.54) is 27.9 Å². The molecule has 5 aliphatic rings. The van der Waals surface area contributed by atoms with Crippen molar-refractivity contribution < 1.29 is 14.6 Å². The van der Waals surface area contributed by atoms with Crippen molar-refractivity contribution in [2.45, 2.75) is 83.2 Å². The van der Waals surface area contributed by atoms with Gasteiger partial charge in [-0.25, -0.2) is 4.79 Å². The zero-order valence-electron chi connectivity index (χ0n) is 22.9. The second-order valence-corrected chi connectivity index (χ2v) is 12.9. The third-order valence-electron chi connectivity index (χ3n) is 10.9. The first-order valence-electron chi connectivity index (χ1n) is 15.0. The number of ether oxygens (including phenoxy) is 1. The summed E-state index contributed by atoms with van der Waals surface area (Å²) in [5.74, 6) is 1.52. The van der Waals surface area contributed by atoms with E-state index < -0.39 is 5.97 Å². The molecule has 2 saturated carbocycles. The van der Waals surface area contributed by atoms with Gasteiger partial charge in [0.2, 0.25) is 0 Å². The molecule has 0 bridgehead atoms. The molecule has 5 heteroatoms. The fourth-order valence-electron chi connectivity index (χ4n) is 9.12. The van der Waals surface area contributed by atoms with E-state index in [-0.39, 0.29) is 17.1 Å². The molecule has 202 valence electrons. The summed E-state index contributed by atoms with van der Waals surface area (Å²) in [5, 5.41) is 19.9. The minimum atomic E-state index is -0.469. The van der Waals surface area contributed by atoms with Crippen molar-refractivity contribution in [3.8, 4) is 11.8 Å². The number of rotatable bonds is 3. The predicted octanol–water partition coefficient (Wildman–Crippen LogP) is 6.47. The Balaban J connectivity index is 1.10. The van der Waals surface area contributed by atoms with Gasteiger partial charge >= 0.3 is 5.97 Å². The lowest BCUT2D eigenvalue weighted by molar-refractivity contribution is -0.152. The van der Waals surface area contributed by atoms with Gasteiger partial charge < -0.3 is 14.7 Å². The largest absolute Gasteiger partial charge is 0.508 e. The standard InChI is InChI=1S/C34H38N2O3/c1-34-13-12-28-27-9-7-26(37)19-22(27)6-8-29(28)30(34)10-11-31(34)39-33(38)25(20-35)18-21-16-23-4-2-14-36-15-3-5-24(17-21)32(23)36/h7,9,16-19,28-31,37H,2-6,8,10-15H2,1H3/b25-18-/t28-,29-,30+,31?,34+/m1/s1. The van der Waals surface area contributed by atoms with Crippen LogP contribution in [0.15, 0.2) is 35.9 Å². The highest BCUT2D eigenvalue weighted by Gasteiger charge is 2.56. The van der Waals surface area contributed by atoms with Crippen LogP contribution in [-0.4, -0.2) is 30.3 Å². The lowest BCUT2D eigenvalue weighted by Crippen LogP contribution is -2.45. The Morgan fingerprint density at radius 1 is 1.05 bits per heavy atom. The monoisotopic (exact) mass is 522 g/mol. The summed E-state index contributed by atoms with van der Waals surface area (Å²) in [5.41, 5.74) is 7.81. The molecule has 2 heterocycles. The third-order valence-corrected chi connectivity index (χ3v) is 10.9. The number of benzene rings is 2. The number of phenols is 1. The lowest BCUT2D eigenvalue weighted by Gasteiger charge is -2.50. The van der Waals surface area contributed by atoms with Crippen LogP contribution in [0.3, 0.4) is 0 Å². The number of hydrogen-bond acceptors (Lipinski definition) is 5. The quantitative estimate of drug-likeness (QED) is 0.284. The van der Waals surface area contributed by atoms with Gasteiger partial charge in [-0.3, -0.25) is 0 Å². The average Bonchev–Trinajstić information content (AvgIpc) is 3.27. The Labute approximate surface area is 231 Å². The first-order chi connectivity index (χ1) is 18.9. The topological polar surface area (TPSA) is 73.6 Å². The highest BCUT2D eigenvalue weighted by atomic mass is 16.5. The third kappa shape index (κ3) is 4.06. The average molecular weight is 523 g/mol. The molecule has 2 fully saturated rings. The number of nitriles is 1. The molecule has 2 aromatic rings. The highest BCUT2D eigenvalue weighted by molar-refractivity contribution is 5.98. The molecule has 2 aromatic carbocycles. The van der Waals surface area contributed by atoms with Crippen molar-refractivity contribution in [3.05, 3.63) is 63.7 Å². The molecule has 0 aromatic heterocycles. The number of anilines is 1. The number of aromatic hydroxyl groups is 1. The van der Waals surface area contributed by atoms with Gasteiger partial charge in [0, 0.05) is 24.2 Å². The summed E-state index contributed by atoms with van der Waals surface area (Å²) in [6.07, 6.45) is 12.2. The predicted molar refractivity (Wildman–Crippen MR) is 151 cm³/mol. The van der Waals surface area contributed by atoms with Crippen LogP contribution in [0.5, 0.6) is 5.75 Å². The molecule has 0 spiro atoms. The van der Waals surface area contributed by atoms with E-state index in [9.17, 15) is 15.2 Å². The minimum Gasteiger partial charge on any atom is -0.508 e. The van der Waals surface area contributed by atoms with Gasteiger partial charge in [-0.05, 0) is 140 Å². The first kappa shape index (κ1) is 24.8. The van der Waals surface area contributed by atoms with Gasteiger partial charge in [0.15, 0.2) is 0 Å². The van der Waals surface area contributed by atoms with E-state index in [0.717, 1.165) is 82.9 Å². The van der Waals surface area contributed by atoms with Crippen LogP contribution in [0, 0.1) is 28.6 Å². The Bertz CT molecular complexity index is 1370. The van der Waals surface area contributed by atoms with Gasteiger partial charge in [0.1, 0.15) is 23.5 Å². The number of fused-ring (bicyclic) bond motifs is 5. The summed E-state index contributed by atoms with van der Waals surface area (Å²) in [6.45, 7) is 4.58. The summed E-state index contributed by atoms with van der Waals surface area (Å²) in [6, 6.07) is 12.4. The normalized spacial score (nSPS) is 30.9. The van der Waals surface area contributed by atoms with E-state index in [4.69, 9.17) is 4.74 Å². The molecule has 0 saturated heterocycles. The highest BCUT2D eigenvalue weighted by Crippen LogP contribution is 2.61. The zero-order valence-corrected chi connectivity index (χ0v) is 22.9. The van der Waals surface area contributed by atoms with Gasteiger partial charge in [-0.15, -0.1) is 0 Å². The number of esters is 1. The van der Waals surface area contributed by atoms with E-state index >= 15 is 0 Å². The minimum absolute atomic E-state index is 0.0503. The van der Waals surface area contributed by atoms with Crippen molar-refractivity contribution >= 4 is 17.7 Å². The van der Waals surface area contributed by atoms with E-state index in [2.05, 4.69) is 36.1 Å². The van der Waals surface area contributed by atoms with Crippen molar-refractivity contribution in [2.75, 3.05) is 18.0 Å². The van der Waals surface area contributed by atoms with Crippen molar-refractivity contribution in [3.63, 3.8) is 0 Å². The number of aryl methyl sites for hydroxylation is 3. The molecule has 1 unspecified atom stereocenters. The summed E-state index contributed by atoms with van der Waals surface area (Å²) >= 11 is 0. The molecular weight excluding hydrogens is 484 g/mol. The summed E-state index contributed by atoms with van der Waals surface area (Å²) < 4.78 is 6.20. The van der Waals surface area contributed by atoms with Crippen molar-refractivity contribution in [2.24, 2.45) is 17.3 Å².